The number of hydrogen-bond acceptors (Lipinski definition) is 0. The summed E-state index contributed by atoms with van der Waals surface area (Å²) in [6.07, 6.45) is 0. The van der Waals surface area contributed by atoms with Crippen LogP contribution in [0.2, 0.25) is 0 Å². The Morgan fingerprint density at radius 2 is 0.225 bits per heavy atom. The molecule has 0 nitrogen and oxygen atoms in total. The molecule has 0 aromatic heterocycles. The minimum absolute atomic E-state index is 1.10. The van der Waals surface area contributed by atoms with Gasteiger partial charge in [-0.1, -0.05) is 473 Å². The van der Waals surface area contributed by atoms with Crippen LogP contribution in [0.15, 0.2) is 522 Å². The van der Waals surface area contributed by atoms with E-state index in [4.69, 9.17) is 0 Å². The molecule has 0 radical (unpaired) electrons. The predicted molar refractivity (Wildman–Crippen MR) is 612 cm³/mol. The van der Waals surface area contributed by atoms with Crippen molar-refractivity contribution < 1.29 is 0 Å². The summed E-state index contributed by atoms with van der Waals surface area (Å²) in [6, 6.07) is 198. The molecular formula is C142H86. The Labute approximate surface area is 821 Å². The Bertz CT molecular complexity index is 9890. The van der Waals surface area contributed by atoms with E-state index in [1.807, 2.05) is 0 Å². The first-order chi connectivity index (χ1) is 70.4. The lowest BCUT2D eigenvalue weighted by Crippen LogP contribution is -1.96. The topological polar surface area (TPSA) is 0 Å². The van der Waals surface area contributed by atoms with Crippen molar-refractivity contribution in [3.05, 3.63) is 522 Å². The van der Waals surface area contributed by atoms with E-state index in [0.29, 0.717) is 0 Å². The van der Waals surface area contributed by atoms with Gasteiger partial charge in [0.1, 0.15) is 0 Å². The quantitative estimate of drug-likeness (QED) is 0.0845. The molecule has 0 aliphatic rings. The highest BCUT2D eigenvalue weighted by Crippen LogP contribution is 2.55. The lowest BCUT2D eigenvalue weighted by atomic mass is 9.81. The molecule has 0 N–H and O–H groups in total. The van der Waals surface area contributed by atoms with E-state index in [-0.39, 0.29) is 0 Å². The second-order valence-corrected chi connectivity index (χ2v) is 38.5. The Morgan fingerprint density at radius 1 is 0.0704 bits per heavy atom. The molecule has 0 spiro atoms. The lowest BCUT2D eigenvalue weighted by molar-refractivity contribution is 1.54. The van der Waals surface area contributed by atoms with Crippen molar-refractivity contribution in [1.82, 2.24) is 0 Å². The maximum Gasteiger partial charge on any atom is -0.00261 e. The molecule has 0 saturated carbocycles. The van der Waals surface area contributed by atoms with Gasteiger partial charge in [0.2, 0.25) is 0 Å². The van der Waals surface area contributed by atoms with Gasteiger partial charge in [0, 0.05) is 0 Å². The first kappa shape index (κ1) is 80.8. The Morgan fingerprint density at radius 3 is 0.451 bits per heavy atom. The van der Waals surface area contributed by atoms with Crippen molar-refractivity contribution in [2.75, 3.05) is 0 Å². The summed E-state index contributed by atoms with van der Waals surface area (Å²) in [5.41, 5.74) is 28.0. The van der Waals surface area contributed by atoms with Gasteiger partial charge >= 0.3 is 0 Å². The number of hydrogen-bond donors (Lipinski definition) is 0. The largest absolute Gasteiger partial charge is 0.0616 e. The molecule has 654 valence electrons. The predicted octanol–water partition coefficient (Wildman–Crippen LogP) is 40.1. The molecule has 0 aliphatic carbocycles. The van der Waals surface area contributed by atoms with Gasteiger partial charge in [0.05, 0.1) is 0 Å². The van der Waals surface area contributed by atoms with Gasteiger partial charge in [-0.2, -0.15) is 0 Å². The zero-order valence-electron chi connectivity index (χ0n) is 77.7. The Hall–Kier alpha value is -18.5. The van der Waals surface area contributed by atoms with E-state index in [0.717, 1.165) is 66.8 Å². The van der Waals surface area contributed by atoms with Crippen LogP contribution in [0.4, 0.5) is 0 Å². The first-order valence-corrected chi connectivity index (χ1v) is 49.5. The Balaban J connectivity index is 0.666. The second-order valence-electron chi connectivity index (χ2n) is 38.5. The number of benzene rings is 29. The van der Waals surface area contributed by atoms with Crippen molar-refractivity contribution in [2.45, 2.75) is 0 Å². The monoisotopic (exact) mass is 1790 g/mol. The van der Waals surface area contributed by atoms with E-state index < -0.39 is 0 Å². The van der Waals surface area contributed by atoms with Gasteiger partial charge in [-0.15, -0.1) is 0 Å². The van der Waals surface area contributed by atoms with Gasteiger partial charge in [-0.05, 0) is 354 Å². The molecule has 0 atom stereocenters. The van der Waals surface area contributed by atoms with Crippen LogP contribution in [0.3, 0.4) is 0 Å². The summed E-state index contributed by atoms with van der Waals surface area (Å²) >= 11 is 0. The first-order valence-electron chi connectivity index (χ1n) is 49.5. The van der Waals surface area contributed by atoms with Crippen LogP contribution in [-0.2, 0) is 0 Å². The zero-order valence-corrected chi connectivity index (χ0v) is 77.7. The zero-order chi connectivity index (χ0) is 93.1. The van der Waals surface area contributed by atoms with Crippen LogP contribution < -0.4 is 0 Å². The molecule has 0 bridgehead atoms. The third-order valence-electron chi connectivity index (χ3n) is 30.9. The fourth-order valence-electron chi connectivity index (χ4n) is 24.5. The third kappa shape index (κ3) is 12.9. The number of rotatable bonds is 12. The summed E-state index contributed by atoms with van der Waals surface area (Å²) in [5, 5.41) is 39.3. The minimum Gasteiger partial charge on any atom is -0.0616 e. The van der Waals surface area contributed by atoms with Crippen LogP contribution in [0, 0.1) is 0 Å². The van der Waals surface area contributed by atoms with Gasteiger partial charge in [0.25, 0.3) is 0 Å². The number of fused-ring (bicyclic) bond motifs is 20. The van der Waals surface area contributed by atoms with E-state index in [2.05, 4.69) is 522 Å². The molecule has 0 fully saturated rings. The van der Waals surface area contributed by atoms with Gasteiger partial charge in [0.15, 0.2) is 0 Å². The van der Waals surface area contributed by atoms with Crippen molar-refractivity contribution in [3.8, 4) is 134 Å². The van der Waals surface area contributed by atoms with Gasteiger partial charge in [-0.25, -0.2) is 0 Å². The van der Waals surface area contributed by atoms with Crippen molar-refractivity contribution >= 4 is 172 Å². The molecule has 142 heavy (non-hydrogen) atoms. The summed E-state index contributed by atoms with van der Waals surface area (Å²) in [6.45, 7) is 0. The molecule has 29 aromatic carbocycles. The van der Waals surface area contributed by atoms with Crippen LogP contribution in [0.5, 0.6) is 0 Å². The summed E-state index contributed by atoms with van der Waals surface area (Å²) in [7, 11) is 0. The lowest BCUT2D eigenvalue weighted by Gasteiger charge is -2.22. The van der Waals surface area contributed by atoms with Crippen molar-refractivity contribution in [2.24, 2.45) is 0 Å². The highest BCUT2D eigenvalue weighted by atomic mass is 14.3. The van der Waals surface area contributed by atoms with Crippen LogP contribution in [-0.4, -0.2) is 0 Å². The summed E-state index contributed by atoms with van der Waals surface area (Å²) in [4.78, 5) is 0. The minimum atomic E-state index is 1.10. The molecule has 0 heterocycles. The highest BCUT2D eigenvalue weighted by molar-refractivity contribution is 6.29. The van der Waals surface area contributed by atoms with Gasteiger partial charge < -0.3 is 0 Å². The average Bonchev–Trinajstić information content (AvgIpc) is 0.731. The van der Waals surface area contributed by atoms with Crippen LogP contribution >= 0.6 is 0 Å². The van der Waals surface area contributed by atoms with Crippen molar-refractivity contribution in [1.29, 1.82) is 0 Å². The summed E-state index contributed by atoms with van der Waals surface area (Å²) < 4.78 is 0. The van der Waals surface area contributed by atoms with E-state index in [1.165, 1.54) is 239 Å². The van der Waals surface area contributed by atoms with E-state index in [1.54, 1.807) is 0 Å². The molecule has 0 aliphatic heterocycles. The molecule has 0 unspecified atom stereocenters. The molecule has 0 amide bonds. The highest BCUT2D eigenvalue weighted by Gasteiger charge is 2.28. The molecule has 0 saturated heterocycles. The summed E-state index contributed by atoms with van der Waals surface area (Å²) in [5.74, 6) is 0. The average molecular weight is 1790 g/mol. The van der Waals surface area contributed by atoms with E-state index >= 15 is 0 Å². The Kier molecular flexibility index (Phi) is 18.6. The van der Waals surface area contributed by atoms with Crippen LogP contribution in [0.1, 0.15) is 0 Å². The maximum absolute atomic E-state index is 2.52. The van der Waals surface area contributed by atoms with Gasteiger partial charge in [-0.3, -0.25) is 0 Å². The fraction of sp³-hybridized carbons (Fsp3) is 0. The maximum atomic E-state index is 2.52. The smallest absolute Gasteiger partial charge is 0.00261 e. The second kappa shape index (κ2) is 32.6. The molecule has 0 heteroatoms. The standard InChI is InChI=1S/C142H86/c1-5-35-108-88(27-1)57-61-92-65-75-103(81-128(92)108)139-116-43-13-9-39-112(116)134(113-40-10-14-44-117(113)139)96-69-55-87(56-70-96)107-85-132(99-31-25-33-101(79-99)137-120-47-17-21-51-124(120)141(125-52-22-18-48-121(125)137)105-77-67-94-63-59-90-29-3-7-37-110(90)130(94)83-105)136(98-73-71-97(72-74-98)135-114-41-11-15-45-118(114)140(119-46-16-12-42-115(119)135)104-76-66-93-62-58-89-28-2-6-36-109(89)129(93)82-104)133(86-107)100-32-26-34-102(80-100)138-122-49-19-23-53-126(122)142(127-54-24-20-50-123(127)138)106-78-68-95-64-60-91-30-4-8-38-111(91)131(95)84-106/h1-86H. The fourth-order valence-corrected chi connectivity index (χ4v) is 24.5. The van der Waals surface area contributed by atoms with Crippen LogP contribution in [0.25, 0.3) is 306 Å². The normalized spacial score (nSPS) is 11.9. The van der Waals surface area contributed by atoms with Crippen molar-refractivity contribution in [3.63, 3.8) is 0 Å². The third-order valence-corrected chi connectivity index (χ3v) is 30.9. The molecular weight excluding hydrogens is 1710 g/mol. The molecule has 29 aromatic rings. The van der Waals surface area contributed by atoms with E-state index in [9.17, 15) is 0 Å². The SMILES string of the molecule is c1cc(-c2cc(-c3ccc(-c4c5ccccc5c(-c5ccc6ccc7ccccc7c6c5)c5ccccc45)cc3)cc(-c3cccc(-c4c5ccccc5c(-c5ccc6ccc7ccccc7c6c5)c5ccccc45)c3)c2-c2ccc(-c3c4ccccc4c(-c4ccc5ccc6ccccc6c5c4)c4ccccc34)cc2)cc(-c2c3ccccc3c(-c3ccc4ccc5ccccc5c4c3)c3ccccc23)c1. The molecule has 29 rings (SSSR count).